The lowest BCUT2D eigenvalue weighted by Gasteiger charge is -2.06. The number of aromatic hydroxyl groups is 1. The molecule has 1 aliphatic heterocycles. The predicted octanol–water partition coefficient (Wildman–Crippen LogP) is 2.49. The molecule has 0 radical (unpaired) electrons. The summed E-state index contributed by atoms with van der Waals surface area (Å²) in [5.74, 6) is -0.154. The molecule has 0 unspecified atom stereocenters. The number of methoxy groups -OCH3 is 1. The number of imide groups is 1. The van der Waals surface area contributed by atoms with Crippen LogP contribution >= 0.6 is 27.7 Å². The van der Waals surface area contributed by atoms with Crippen LogP contribution in [0, 0.1) is 0 Å². The smallest absolute Gasteiger partial charge is 0.290 e. The SMILES string of the molecule is COc1cc(C=C2SC(=O)NC2=O)cc(Br)c1O. The second kappa shape index (κ2) is 5.03. The van der Waals surface area contributed by atoms with E-state index in [1.165, 1.54) is 7.11 Å². The van der Waals surface area contributed by atoms with Gasteiger partial charge in [-0.15, -0.1) is 0 Å². The van der Waals surface area contributed by atoms with Gasteiger partial charge in [0.15, 0.2) is 11.5 Å². The Morgan fingerprint density at radius 3 is 2.72 bits per heavy atom. The molecular weight excluding hydrogens is 322 g/mol. The minimum atomic E-state index is -0.423. The molecular formula is C11H8BrNO4S. The third-order valence-corrected chi connectivity index (χ3v) is 3.63. The maximum absolute atomic E-state index is 11.4. The van der Waals surface area contributed by atoms with Crippen LogP contribution in [0.25, 0.3) is 6.08 Å². The van der Waals surface area contributed by atoms with Gasteiger partial charge in [0.25, 0.3) is 11.1 Å². The average Bonchev–Trinajstić information content (AvgIpc) is 2.62. The van der Waals surface area contributed by atoms with Crippen molar-refractivity contribution in [2.45, 2.75) is 0 Å². The summed E-state index contributed by atoms with van der Waals surface area (Å²) >= 11 is 4.02. The zero-order chi connectivity index (χ0) is 13.3. The van der Waals surface area contributed by atoms with Gasteiger partial charge in [0.1, 0.15) is 0 Å². The van der Waals surface area contributed by atoms with E-state index in [-0.39, 0.29) is 11.5 Å². The topological polar surface area (TPSA) is 75.6 Å². The van der Waals surface area contributed by atoms with Crippen LogP contribution in [0.3, 0.4) is 0 Å². The maximum atomic E-state index is 11.4. The number of rotatable bonds is 2. The summed E-state index contributed by atoms with van der Waals surface area (Å²) in [4.78, 5) is 22.7. The van der Waals surface area contributed by atoms with Crippen LogP contribution in [0.5, 0.6) is 11.5 Å². The molecule has 0 atom stereocenters. The molecule has 7 heteroatoms. The normalized spacial score (nSPS) is 17.1. The molecule has 0 saturated carbocycles. The summed E-state index contributed by atoms with van der Waals surface area (Å²) in [6, 6.07) is 3.20. The molecule has 0 spiro atoms. The number of carbonyl (C=O) groups is 2. The molecule has 0 aromatic heterocycles. The van der Waals surface area contributed by atoms with Crippen molar-refractivity contribution < 1.29 is 19.4 Å². The van der Waals surface area contributed by atoms with Crippen molar-refractivity contribution >= 4 is 44.9 Å². The van der Waals surface area contributed by atoms with Crippen molar-refractivity contribution in [3.8, 4) is 11.5 Å². The number of hydrogen-bond acceptors (Lipinski definition) is 5. The summed E-state index contributed by atoms with van der Waals surface area (Å²) in [7, 11) is 1.43. The Hall–Kier alpha value is -1.47. The van der Waals surface area contributed by atoms with Gasteiger partial charge in [-0.3, -0.25) is 14.9 Å². The number of phenolic OH excluding ortho intramolecular Hbond substituents is 1. The molecule has 1 saturated heterocycles. The van der Waals surface area contributed by atoms with Crippen molar-refractivity contribution in [1.82, 2.24) is 5.32 Å². The van der Waals surface area contributed by atoms with Gasteiger partial charge < -0.3 is 9.84 Å². The van der Waals surface area contributed by atoms with Gasteiger partial charge in [0.2, 0.25) is 0 Å². The number of benzene rings is 1. The second-order valence-corrected chi connectivity index (χ2v) is 5.27. The fourth-order valence-electron chi connectivity index (χ4n) is 1.41. The molecule has 1 fully saturated rings. The standard InChI is InChI=1S/C11H8BrNO4S/c1-17-7-3-5(2-6(12)9(7)14)4-8-10(15)13-11(16)18-8/h2-4,14H,1H3,(H,13,15,16). The molecule has 5 nitrogen and oxygen atoms in total. The number of hydrogen-bond donors (Lipinski definition) is 2. The average molecular weight is 330 g/mol. The monoisotopic (exact) mass is 329 g/mol. The fraction of sp³-hybridized carbons (Fsp3) is 0.0909. The first-order valence-electron chi connectivity index (χ1n) is 4.82. The van der Waals surface area contributed by atoms with Gasteiger partial charge in [-0.25, -0.2) is 0 Å². The lowest BCUT2D eigenvalue weighted by Crippen LogP contribution is -2.17. The lowest BCUT2D eigenvalue weighted by molar-refractivity contribution is -0.115. The Morgan fingerprint density at radius 1 is 1.44 bits per heavy atom. The molecule has 2 amide bonds. The maximum Gasteiger partial charge on any atom is 0.290 e. The van der Waals surface area contributed by atoms with E-state index in [1.54, 1.807) is 18.2 Å². The van der Waals surface area contributed by atoms with E-state index in [1.807, 2.05) is 0 Å². The third-order valence-electron chi connectivity index (χ3n) is 2.21. The first kappa shape index (κ1) is 13.0. The highest BCUT2D eigenvalue weighted by Crippen LogP contribution is 2.36. The Labute approximate surface area is 115 Å². The van der Waals surface area contributed by atoms with Gasteiger partial charge in [0, 0.05) is 0 Å². The van der Waals surface area contributed by atoms with E-state index in [0.717, 1.165) is 11.8 Å². The van der Waals surface area contributed by atoms with Crippen LogP contribution in [0.4, 0.5) is 4.79 Å². The molecule has 2 N–H and O–H groups in total. The van der Waals surface area contributed by atoms with Crippen molar-refractivity contribution in [3.63, 3.8) is 0 Å². The Balaban J connectivity index is 2.41. The Bertz CT molecular complexity index is 570. The number of thioether (sulfide) groups is 1. The zero-order valence-electron chi connectivity index (χ0n) is 9.19. The second-order valence-electron chi connectivity index (χ2n) is 3.41. The van der Waals surface area contributed by atoms with Crippen LogP contribution in [0.2, 0.25) is 0 Å². The molecule has 1 aromatic carbocycles. The first-order valence-corrected chi connectivity index (χ1v) is 6.43. The molecule has 18 heavy (non-hydrogen) atoms. The summed E-state index contributed by atoms with van der Waals surface area (Å²) in [5, 5.41) is 11.4. The summed E-state index contributed by atoms with van der Waals surface area (Å²) in [6.07, 6.45) is 1.55. The largest absolute Gasteiger partial charge is 0.503 e. The summed E-state index contributed by atoms with van der Waals surface area (Å²) in [6.45, 7) is 0. The highest BCUT2D eigenvalue weighted by atomic mass is 79.9. The molecule has 0 bridgehead atoms. The van der Waals surface area contributed by atoms with Crippen molar-refractivity contribution in [2.75, 3.05) is 7.11 Å². The van der Waals surface area contributed by atoms with E-state index < -0.39 is 11.1 Å². The quantitative estimate of drug-likeness (QED) is 0.815. The van der Waals surface area contributed by atoms with Gasteiger partial charge in [-0.2, -0.15) is 0 Å². The first-order chi connectivity index (χ1) is 8.51. The third kappa shape index (κ3) is 2.51. The molecule has 1 aromatic rings. The number of amides is 2. The van der Waals surface area contributed by atoms with Gasteiger partial charge in [-0.1, -0.05) is 0 Å². The van der Waals surface area contributed by atoms with Crippen LogP contribution in [-0.4, -0.2) is 23.4 Å². The zero-order valence-corrected chi connectivity index (χ0v) is 11.6. The highest BCUT2D eigenvalue weighted by Gasteiger charge is 2.25. The van der Waals surface area contributed by atoms with Crippen molar-refractivity contribution in [3.05, 3.63) is 27.1 Å². The van der Waals surface area contributed by atoms with Crippen molar-refractivity contribution in [1.29, 1.82) is 0 Å². The minimum absolute atomic E-state index is 0.0146. The van der Waals surface area contributed by atoms with E-state index in [0.29, 0.717) is 14.9 Å². The minimum Gasteiger partial charge on any atom is -0.503 e. The molecule has 0 aliphatic carbocycles. The number of phenols is 1. The van der Waals surface area contributed by atoms with Crippen LogP contribution in [-0.2, 0) is 4.79 Å². The van der Waals surface area contributed by atoms with Gasteiger partial charge >= 0.3 is 0 Å². The number of nitrogens with one attached hydrogen (secondary N) is 1. The molecule has 2 rings (SSSR count). The number of ether oxygens (including phenoxy) is 1. The number of carbonyl (C=O) groups excluding carboxylic acids is 2. The fourth-order valence-corrected chi connectivity index (χ4v) is 2.55. The van der Waals surface area contributed by atoms with Gasteiger partial charge in [-0.05, 0) is 51.5 Å². The van der Waals surface area contributed by atoms with Crippen LogP contribution in [0.1, 0.15) is 5.56 Å². The van der Waals surface area contributed by atoms with Gasteiger partial charge in [0.05, 0.1) is 16.5 Å². The lowest BCUT2D eigenvalue weighted by atomic mass is 10.2. The van der Waals surface area contributed by atoms with Crippen molar-refractivity contribution in [2.24, 2.45) is 0 Å². The number of halogens is 1. The van der Waals surface area contributed by atoms with E-state index in [4.69, 9.17) is 4.74 Å². The summed E-state index contributed by atoms with van der Waals surface area (Å²) in [5.41, 5.74) is 0.642. The van der Waals surface area contributed by atoms with Crippen LogP contribution < -0.4 is 10.1 Å². The Kier molecular flexibility index (Phi) is 3.63. The Morgan fingerprint density at radius 2 is 2.17 bits per heavy atom. The van der Waals surface area contributed by atoms with Crippen LogP contribution in [0.15, 0.2) is 21.5 Å². The molecule has 94 valence electrons. The predicted molar refractivity (Wildman–Crippen MR) is 71.5 cm³/mol. The van der Waals surface area contributed by atoms with E-state index >= 15 is 0 Å². The molecule has 1 heterocycles. The molecule has 1 aliphatic rings. The summed E-state index contributed by atoms with van der Waals surface area (Å²) < 4.78 is 5.44. The van der Waals surface area contributed by atoms with E-state index in [2.05, 4.69) is 21.2 Å². The van der Waals surface area contributed by atoms with E-state index in [9.17, 15) is 14.7 Å². The highest BCUT2D eigenvalue weighted by molar-refractivity contribution is 9.10.